The number of aromatic nitrogens is 6. The molecule has 4 heterocycles. The van der Waals surface area contributed by atoms with Gasteiger partial charge in [0.1, 0.15) is 0 Å². The maximum atomic E-state index is 4.64. The van der Waals surface area contributed by atoms with Crippen molar-refractivity contribution in [1.29, 1.82) is 0 Å². The lowest BCUT2D eigenvalue weighted by Gasteiger charge is -2.28. The summed E-state index contributed by atoms with van der Waals surface area (Å²) in [5, 5.41) is 16.1. The first kappa shape index (κ1) is 16.2. The molecule has 1 aliphatic carbocycles. The van der Waals surface area contributed by atoms with Gasteiger partial charge >= 0.3 is 0 Å². The molecule has 0 aromatic carbocycles. The average Bonchev–Trinajstić information content (AvgIpc) is 3.34. The first-order valence-corrected chi connectivity index (χ1v) is 9.39. The van der Waals surface area contributed by atoms with Gasteiger partial charge in [-0.3, -0.25) is 0 Å². The van der Waals surface area contributed by atoms with Gasteiger partial charge in [-0.15, -0.1) is 5.10 Å². The maximum absolute atomic E-state index is 4.64. The van der Waals surface area contributed by atoms with E-state index in [1.165, 1.54) is 12.8 Å². The van der Waals surface area contributed by atoms with Crippen LogP contribution in [0.3, 0.4) is 0 Å². The van der Waals surface area contributed by atoms with Gasteiger partial charge in [0, 0.05) is 36.2 Å². The van der Waals surface area contributed by atoms with E-state index < -0.39 is 0 Å². The number of imidazole rings is 1. The van der Waals surface area contributed by atoms with Crippen molar-refractivity contribution in [3.8, 4) is 11.3 Å². The fraction of sp³-hybridized carbons (Fsp3) is 0.368. The van der Waals surface area contributed by atoms with Gasteiger partial charge in [0.25, 0.3) is 0 Å². The predicted octanol–water partition coefficient (Wildman–Crippen LogP) is 2.38. The molecular formula is C19H22N8. The molecule has 0 amide bonds. The molecular weight excluding hydrogens is 340 g/mol. The van der Waals surface area contributed by atoms with E-state index in [2.05, 4.69) is 30.8 Å². The van der Waals surface area contributed by atoms with Crippen LogP contribution in [-0.2, 0) is 0 Å². The molecule has 4 aromatic heterocycles. The molecule has 5 rings (SSSR count). The Bertz CT molecular complexity index is 1070. The first-order valence-electron chi connectivity index (χ1n) is 9.39. The molecule has 2 N–H and O–H groups in total. The van der Waals surface area contributed by atoms with Crippen LogP contribution in [-0.4, -0.2) is 48.3 Å². The van der Waals surface area contributed by atoms with Gasteiger partial charge < -0.3 is 10.6 Å². The molecule has 1 fully saturated rings. The summed E-state index contributed by atoms with van der Waals surface area (Å²) in [6.07, 6.45) is 12.1. The summed E-state index contributed by atoms with van der Waals surface area (Å²) >= 11 is 0. The minimum atomic E-state index is 0.437. The van der Waals surface area contributed by atoms with Crippen LogP contribution in [0.5, 0.6) is 0 Å². The summed E-state index contributed by atoms with van der Waals surface area (Å²) < 4.78 is 3.64. The number of anilines is 1. The van der Waals surface area contributed by atoms with Crippen LogP contribution >= 0.6 is 0 Å². The third-order valence-electron chi connectivity index (χ3n) is 5.42. The second-order valence-electron chi connectivity index (χ2n) is 7.07. The van der Waals surface area contributed by atoms with Crippen LogP contribution < -0.4 is 10.6 Å². The Morgan fingerprint density at radius 3 is 2.63 bits per heavy atom. The SMILES string of the molecule is CNC1CCC(Nc2ncc3c(-c4ccc5nccn5n4)ccn3n2)CC1. The van der Waals surface area contributed by atoms with Crippen molar-refractivity contribution in [2.45, 2.75) is 37.8 Å². The fourth-order valence-electron chi connectivity index (χ4n) is 3.85. The Morgan fingerprint density at radius 1 is 0.926 bits per heavy atom. The fourth-order valence-corrected chi connectivity index (χ4v) is 3.85. The molecule has 0 saturated heterocycles. The molecule has 1 saturated carbocycles. The third kappa shape index (κ3) is 3.02. The van der Waals surface area contributed by atoms with Crippen molar-refractivity contribution in [1.82, 2.24) is 34.5 Å². The predicted molar refractivity (Wildman–Crippen MR) is 104 cm³/mol. The van der Waals surface area contributed by atoms with Gasteiger partial charge in [0.05, 0.1) is 17.4 Å². The van der Waals surface area contributed by atoms with Crippen LogP contribution in [0.2, 0.25) is 0 Å². The van der Waals surface area contributed by atoms with Gasteiger partial charge in [-0.25, -0.2) is 19.0 Å². The average molecular weight is 362 g/mol. The van der Waals surface area contributed by atoms with Gasteiger partial charge in [0.2, 0.25) is 5.95 Å². The van der Waals surface area contributed by atoms with E-state index in [4.69, 9.17) is 0 Å². The molecule has 8 heteroatoms. The zero-order valence-corrected chi connectivity index (χ0v) is 15.2. The van der Waals surface area contributed by atoms with Gasteiger partial charge in [0.15, 0.2) is 5.65 Å². The topological polar surface area (TPSA) is 84.4 Å². The molecule has 0 radical (unpaired) electrons. The molecule has 0 atom stereocenters. The lowest BCUT2D eigenvalue weighted by atomic mass is 9.91. The zero-order valence-electron chi connectivity index (χ0n) is 15.2. The highest BCUT2D eigenvalue weighted by atomic mass is 15.3. The summed E-state index contributed by atoms with van der Waals surface area (Å²) in [6.45, 7) is 0. The molecule has 138 valence electrons. The highest BCUT2D eigenvalue weighted by molar-refractivity contribution is 5.78. The first-order chi connectivity index (χ1) is 13.3. The second kappa shape index (κ2) is 6.62. The Balaban J connectivity index is 1.39. The van der Waals surface area contributed by atoms with Crippen molar-refractivity contribution in [3.05, 3.63) is 43.0 Å². The van der Waals surface area contributed by atoms with Crippen LogP contribution in [0.15, 0.2) is 43.0 Å². The van der Waals surface area contributed by atoms with E-state index in [-0.39, 0.29) is 0 Å². The van der Waals surface area contributed by atoms with Crippen molar-refractivity contribution in [3.63, 3.8) is 0 Å². The molecule has 27 heavy (non-hydrogen) atoms. The largest absolute Gasteiger partial charge is 0.350 e. The number of nitrogens with one attached hydrogen (secondary N) is 2. The Morgan fingerprint density at radius 2 is 1.78 bits per heavy atom. The number of nitrogens with zero attached hydrogens (tertiary/aromatic N) is 6. The Labute approximate surface area is 156 Å². The van der Waals surface area contributed by atoms with Crippen LogP contribution in [0.25, 0.3) is 22.4 Å². The molecule has 0 bridgehead atoms. The van der Waals surface area contributed by atoms with Crippen molar-refractivity contribution >= 4 is 17.1 Å². The Hall–Kier alpha value is -3.00. The standard InChI is InChI=1S/C19H22N8/c1-20-13-2-4-14(5-3-13)23-19-22-12-17-15(8-10-26(17)25-19)16-6-7-18-21-9-11-27(18)24-16/h6-14,20H,2-5H2,1H3,(H,23,25). The molecule has 0 aliphatic heterocycles. The van der Waals surface area contributed by atoms with E-state index in [1.54, 1.807) is 10.7 Å². The second-order valence-corrected chi connectivity index (χ2v) is 7.07. The maximum Gasteiger partial charge on any atom is 0.241 e. The highest BCUT2D eigenvalue weighted by Crippen LogP contribution is 2.25. The van der Waals surface area contributed by atoms with Gasteiger partial charge in [-0.1, -0.05) is 0 Å². The van der Waals surface area contributed by atoms with E-state index in [0.29, 0.717) is 18.0 Å². The number of hydrogen-bond acceptors (Lipinski definition) is 6. The van der Waals surface area contributed by atoms with E-state index >= 15 is 0 Å². The summed E-state index contributed by atoms with van der Waals surface area (Å²) in [5.41, 5.74) is 3.65. The molecule has 8 nitrogen and oxygen atoms in total. The number of rotatable bonds is 4. The molecule has 4 aromatic rings. The summed E-state index contributed by atoms with van der Waals surface area (Å²) in [5.74, 6) is 0.676. The van der Waals surface area contributed by atoms with Crippen molar-refractivity contribution < 1.29 is 0 Å². The van der Waals surface area contributed by atoms with Crippen LogP contribution in [0.1, 0.15) is 25.7 Å². The van der Waals surface area contributed by atoms with E-state index in [0.717, 1.165) is 35.3 Å². The normalized spacial score (nSPS) is 20.3. The van der Waals surface area contributed by atoms with Gasteiger partial charge in [-0.2, -0.15) is 5.10 Å². The summed E-state index contributed by atoms with van der Waals surface area (Å²) in [4.78, 5) is 8.78. The van der Waals surface area contributed by atoms with Crippen LogP contribution in [0, 0.1) is 0 Å². The Kier molecular flexibility index (Phi) is 3.97. The quantitative estimate of drug-likeness (QED) is 0.580. The monoisotopic (exact) mass is 362 g/mol. The molecule has 0 unspecified atom stereocenters. The lowest BCUT2D eigenvalue weighted by Crippen LogP contribution is -2.35. The van der Waals surface area contributed by atoms with Crippen LogP contribution in [0.4, 0.5) is 5.95 Å². The van der Waals surface area contributed by atoms with Crippen molar-refractivity contribution in [2.24, 2.45) is 0 Å². The van der Waals surface area contributed by atoms with Gasteiger partial charge in [-0.05, 0) is 50.9 Å². The minimum absolute atomic E-state index is 0.437. The van der Waals surface area contributed by atoms with Crippen molar-refractivity contribution in [2.75, 3.05) is 12.4 Å². The molecule has 1 aliphatic rings. The van der Waals surface area contributed by atoms with E-state index in [9.17, 15) is 0 Å². The smallest absolute Gasteiger partial charge is 0.241 e. The number of fused-ring (bicyclic) bond motifs is 2. The minimum Gasteiger partial charge on any atom is -0.350 e. The molecule has 0 spiro atoms. The highest BCUT2D eigenvalue weighted by Gasteiger charge is 2.20. The van der Waals surface area contributed by atoms with E-state index in [1.807, 2.05) is 48.4 Å². The third-order valence-corrected chi connectivity index (χ3v) is 5.42. The summed E-state index contributed by atoms with van der Waals surface area (Å²) in [7, 11) is 2.04. The summed E-state index contributed by atoms with van der Waals surface area (Å²) in [6, 6.07) is 7.04. The lowest BCUT2D eigenvalue weighted by molar-refractivity contribution is 0.370. The number of hydrogen-bond donors (Lipinski definition) is 2. The zero-order chi connectivity index (χ0) is 18.2.